The predicted octanol–water partition coefficient (Wildman–Crippen LogP) is 3.71. The molecule has 1 aromatic heterocycles. The van der Waals surface area contributed by atoms with Gasteiger partial charge in [0.1, 0.15) is 5.60 Å². The third-order valence-electron chi connectivity index (χ3n) is 4.83. The lowest BCUT2D eigenvalue weighted by Gasteiger charge is -2.25. The smallest absolute Gasteiger partial charge is 0.457 e. The summed E-state index contributed by atoms with van der Waals surface area (Å²) in [6, 6.07) is 7.07. The Morgan fingerprint density at radius 3 is 2.44 bits per heavy atom. The van der Waals surface area contributed by atoms with E-state index in [9.17, 15) is 18.4 Å². The summed E-state index contributed by atoms with van der Waals surface area (Å²) in [7, 11) is 0. The molecule has 0 radical (unpaired) electrons. The fourth-order valence-corrected chi connectivity index (χ4v) is 3.48. The first-order valence-corrected chi connectivity index (χ1v) is 10.2. The Balaban J connectivity index is 1.67. The van der Waals surface area contributed by atoms with Crippen molar-refractivity contribution in [3.8, 4) is 11.1 Å². The van der Waals surface area contributed by atoms with Crippen molar-refractivity contribution in [2.24, 2.45) is 0 Å². The van der Waals surface area contributed by atoms with Crippen molar-refractivity contribution >= 4 is 12.1 Å². The van der Waals surface area contributed by atoms with E-state index in [0.717, 1.165) is 11.1 Å². The number of aromatic nitrogens is 2. The summed E-state index contributed by atoms with van der Waals surface area (Å²) in [6.07, 6.45) is 0.989. The number of rotatable bonds is 6. The third kappa shape index (κ3) is 6.25. The molecule has 0 amide bonds. The summed E-state index contributed by atoms with van der Waals surface area (Å²) in [4.78, 5) is 23.7. The Labute approximate surface area is 184 Å². The average molecular weight is 451 g/mol. The van der Waals surface area contributed by atoms with Gasteiger partial charge in [-0.15, -0.1) is 0 Å². The van der Waals surface area contributed by atoms with E-state index < -0.39 is 36.5 Å². The highest BCUT2D eigenvalue weighted by Crippen LogP contribution is 2.24. The lowest BCUT2D eigenvalue weighted by atomic mass is 9.99. The molecule has 0 unspecified atom stereocenters. The van der Waals surface area contributed by atoms with E-state index in [1.165, 1.54) is 19.3 Å². The van der Waals surface area contributed by atoms with Crippen molar-refractivity contribution in [3.63, 3.8) is 0 Å². The zero-order valence-corrected chi connectivity index (χ0v) is 18.4. The van der Waals surface area contributed by atoms with E-state index in [1.54, 1.807) is 20.8 Å². The van der Waals surface area contributed by atoms with Crippen molar-refractivity contribution in [2.45, 2.75) is 64.5 Å². The summed E-state index contributed by atoms with van der Waals surface area (Å²) in [5, 5.41) is 6.88. The topological polar surface area (TPSA) is 91.7 Å². The van der Waals surface area contributed by atoms with Crippen LogP contribution in [0.2, 0.25) is 0 Å². The van der Waals surface area contributed by atoms with E-state index in [-0.39, 0.29) is 6.04 Å². The maximum Gasteiger partial charge on any atom is 0.509 e. The van der Waals surface area contributed by atoms with Crippen LogP contribution in [-0.2, 0) is 25.4 Å². The third-order valence-corrected chi connectivity index (χ3v) is 4.83. The van der Waals surface area contributed by atoms with E-state index in [1.807, 2.05) is 24.3 Å². The van der Waals surface area contributed by atoms with Crippen LogP contribution >= 0.6 is 0 Å². The summed E-state index contributed by atoms with van der Waals surface area (Å²) in [5.74, 6) is -0.479. The Morgan fingerprint density at radius 2 is 1.88 bits per heavy atom. The van der Waals surface area contributed by atoms with Crippen molar-refractivity contribution in [3.05, 3.63) is 42.2 Å². The van der Waals surface area contributed by atoms with Crippen LogP contribution < -0.4 is 5.32 Å². The van der Waals surface area contributed by atoms with Gasteiger partial charge >= 0.3 is 18.7 Å². The number of benzene rings is 1. The number of nitrogens with zero attached hydrogens (tertiary/aromatic N) is 2. The second-order valence-corrected chi connectivity index (χ2v) is 8.60. The minimum atomic E-state index is -2.69. The normalized spacial score (nSPS) is 20.9. The quantitative estimate of drug-likeness (QED) is 0.670. The van der Waals surface area contributed by atoms with Gasteiger partial charge in [0.2, 0.25) is 0 Å². The Morgan fingerprint density at radius 1 is 1.19 bits per heavy atom. The van der Waals surface area contributed by atoms with E-state index in [2.05, 4.69) is 10.4 Å². The van der Waals surface area contributed by atoms with Gasteiger partial charge in [0.25, 0.3) is 0 Å². The first-order chi connectivity index (χ1) is 15.0. The zero-order chi connectivity index (χ0) is 23.5. The molecule has 3 rings (SSSR count). The maximum absolute atomic E-state index is 12.7. The van der Waals surface area contributed by atoms with E-state index in [4.69, 9.17) is 14.2 Å². The van der Waals surface area contributed by atoms with Crippen LogP contribution in [0.3, 0.4) is 0 Å². The summed E-state index contributed by atoms with van der Waals surface area (Å²) >= 11 is 0. The van der Waals surface area contributed by atoms with Gasteiger partial charge in [-0.3, -0.25) is 4.79 Å². The minimum absolute atomic E-state index is 0.279. The Bertz CT molecular complexity index is 940. The molecule has 1 aliphatic heterocycles. The molecule has 1 fully saturated rings. The van der Waals surface area contributed by atoms with Crippen LogP contribution in [0.25, 0.3) is 11.1 Å². The van der Waals surface area contributed by atoms with Gasteiger partial charge in [0.15, 0.2) is 12.2 Å². The SMILES string of the molecule is CC(=O)O[C@@H]1[C@@H](OC(=O)OC(C)(C)C)CN[C@@H]1Cc1ccc(-c2cnn(C(F)F)c2)cc1. The molecule has 1 saturated heterocycles. The molecule has 0 spiro atoms. The van der Waals surface area contributed by atoms with Crippen LogP contribution in [0.1, 0.15) is 39.8 Å². The highest BCUT2D eigenvalue weighted by atomic mass is 19.3. The number of hydrogen-bond donors (Lipinski definition) is 1. The fourth-order valence-electron chi connectivity index (χ4n) is 3.48. The molecule has 174 valence electrons. The summed E-state index contributed by atoms with van der Waals surface area (Å²) < 4.78 is 42.1. The number of carbonyl (C=O) groups is 2. The molecule has 2 heterocycles. The Kier molecular flexibility index (Phi) is 7.12. The molecule has 10 heteroatoms. The number of ether oxygens (including phenoxy) is 3. The molecule has 1 aromatic carbocycles. The number of nitrogens with one attached hydrogen (secondary N) is 1. The summed E-state index contributed by atoms with van der Waals surface area (Å²) in [6.45, 7) is 4.12. The second kappa shape index (κ2) is 9.64. The molecule has 1 aliphatic rings. The molecule has 0 bridgehead atoms. The maximum atomic E-state index is 12.7. The standard InChI is InChI=1S/C22H27F2N3O5/c1-13(28)30-19-17(25-11-18(19)31-21(29)32-22(2,3)4)9-14-5-7-15(8-6-14)16-10-26-27(12-16)20(23)24/h5-8,10,12,17-20,25H,9,11H2,1-4H3/t17-,18+,19+/m1/s1. The lowest BCUT2D eigenvalue weighted by molar-refractivity contribution is -0.152. The van der Waals surface area contributed by atoms with Gasteiger partial charge in [-0.1, -0.05) is 24.3 Å². The fraction of sp³-hybridized carbons (Fsp3) is 0.500. The molecule has 8 nitrogen and oxygen atoms in total. The minimum Gasteiger partial charge on any atom is -0.457 e. The van der Waals surface area contributed by atoms with Gasteiger partial charge in [0.05, 0.1) is 12.2 Å². The van der Waals surface area contributed by atoms with Gasteiger partial charge in [-0.05, 0) is 38.3 Å². The van der Waals surface area contributed by atoms with E-state index in [0.29, 0.717) is 23.2 Å². The van der Waals surface area contributed by atoms with Crippen LogP contribution in [0.4, 0.5) is 13.6 Å². The van der Waals surface area contributed by atoms with Crippen LogP contribution in [0.15, 0.2) is 36.7 Å². The second-order valence-electron chi connectivity index (χ2n) is 8.60. The lowest BCUT2D eigenvalue weighted by Crippen LogP contribution is -2.40. The molecule has 3 atom stereocenters. The molecule has 32 heavy (non-hydrogen) atoms. The van der Waals surface area contributed by atoms with Crippen molar-refractivity contribution in [1.29, 1.82) is 0 Å². The number of halogens is 2. The van der Waals surface area contributed by atoms with Crippen molar-refractivity contribution < 1.29 is 32.6 Å². The largest absolute Gasteiger partial charge is 0.509 e. The van der Waals surface area contributed by atoms with Crippen molar-refractivity contribution in [1.82, 2.24) is 15.1 Å². The first-order valence-electron chi connectivity index (χ1n) is 10.2. The molecule has 1 N–H and O–H groups in total. The number of esters is 1. The highest BCUT2D eigenvalue weighted by molar-refractivity contribution is 5.66. The van der Waals surface area contributed by atoms with Gasteiger partial charge in [-0.2, -0.15) is 13.9 Å². The first kappa shape index (κ1) is 23.6. The zero-order valence-electron chi connectivity index (χ0n) is 18.4. The van der Waals surface area contributed by atoms with Gasteiger partial charge in [0, 0.05) is 25.2 Å². The molecular formula is C22H27F2N3O5. The van der Waals surface area contributed by atoms with Gasteiger partial charge in [-0.25, -0.2) is 9.48 Å². The molecular weight excluding hydrogens is 424 g/mol. The highest BCUT2D eigenvalue weighted by Gasteiger charge is 2.41. The molecule has 2 aromatic rings. The van der Waals surface area contributed by atoms with Crippen LogP contribution in [0, 0.1) is 0 Å². The monoisotopic (exact) mass is 451 g/mol. The number of carbonyl (C=O) groups excluding carboxylic acids is 2. The number of alkyl halides is 2. The molecule has 0 saturated carbocycles. The van der Waals surface area contributed by atoms with Crippen molar-refractivity contribution in [2.75, 3.05) is 6.54 Å². The van der Waals surface area contributed by atoms with Crippen LogP contribution in [-0.4, -0.2) is 52.3 Å². The predicted molar refractivity (Wildman–Crippen MR) is 111 cm³/mol. The Hall–Kier alpha value is -3.01. The average Bonchev–Trinajstić information content (AvgIpc) is 3.30. The molecule has 0 aliphatic carbocycles. The van der Waals surface area contributed by atoms with Crippen LogP contribution in [0.5, 0.6) is 0 Å². The number of hydrogen-bond acceptors (Lipinski definition) is 7. The summed E-state index contributed by atoms with van der Waals surface area (Å²) in [5.41, 5.74) is 1.57. The van der Waals surface area contributed by atoms with E-state index >= 15 is 0 Å². The van der Waals surface area contributed by atoms with Gasteiger partial charge < -0.3 is 19.5 Å².